The lowest BCUT2D eigenvalue weighted by Crippen LogP contribution is -2.34. The summed E-state index contributed by atoms with van der Waals surface area (Å²) in [5.41, 5.74) is 1.04. The van der Waals surface area contributed by atoms with Crippen molar-refractivity contribution in [3.05, 3.63) is 23.3 Å². The van der Waals surface area contributed by atoms with Crippen LogP contribution in [-0.4, -0.2) is 43.8 Å². The van der Waals surface area contributed by atoms with Gasteiger partial charge in [0.15, 0.2) is 5.17 Å². The summed E-state index contributed by atoms with van der Waals surface area (Å²) in [6, 6.07) is -0.152. The standard InChI is InChI=1S/C15H22N6OS/c1-3-6-21-14(17-10-18-21)11(2)19-13(22)8-12-9-23-15-16-5-4-7-20(12)15/h9-11H,3-8H2,1-2H3,(H,19,22). The summed E-state index contributed by atoms with van der Waals surface area (Å²) in [5.74, 6) is 0.803. The third-order valence-corrected chi connectivity index (χ3v) is 4.80. The molecule has 1 aromatic heterocycles. The predicted molar refractivity (Wildman–Crippen MR) is 90.8 cm³/mol. The van der Waals surface area contributed by atoms with Gasteiger partial charge in [0.05, 0.1) is 12.5 Å². The number of thioether (sulfide) groups is 1. The van der Waals surface area contributed by atoms with Crippen LogP contribution < -0.4 is 5.32 Å². The Bertz CT molecular complexity index is 638. The summed E-state index contributed by atoms with van der Waals surface area (Å²) in [6.45, 7) is 6.68. The smallest absolute Gasteiger partial charge is 0.226 e. The summed E-state index contributed by atoms with van der Waals surface area (Å²) in [4.78, 5) is 23.3. The Kier molecular flexibility index (Phi) is 5.00. The molecule has 124 valence electrons. The number of carbonyl (C=O) groups excluding carboxylic acids is 1. The van der Waals surface area contributed by atoms with Gasteiger partial charge in [-0.25, -0.2) is 9.67 Å². The zero-order valence-corrected chi connectivity index (χ0v) is 14.3. The molecule has 2 aliphatic heterocycles. The lowest BCUT2D eigenvalue weighted by Gasteiger charge is -2.25. The highest BCUT2D eigenvalue weighted by molar-refractivity contribution is 8.16. The molecule has 7 nitrogen and oxygen atoms in total. The van der Waals surface area contributed by atoms with Gasteiger partial charge >= 0.3 is 0 Å². The molecule has 3 rings (SSSR count). The van der Waals surface area contributed by atoms with Crippen LogP contribution in [0.4, 0.5) is 0 Å². The van der Waals surface area contributed by atoms with Crippen molar-refractivity contribution in [3.63, 3.8) is 0 Å². The van der Waals surface area contributed by atoms with Gasteiger partial charge in [0, 0.05) is 25.3 Å². The maximum Gasteiger partial charge on any atom is 0.226 e. The van der Waals surface area contributed by atoms with Crippen LogP contribution in [0.5, 0.6) is 0 Å². The highest BCUT2D eigenvalue weighted by Crippen LogP contribution is 2.30. The molecule has 1 unspecified atom stereocenters. The molecule has 8 heteroatoms. The van der Waals surface area contributed by atoms with Crippen molar-refractivity contribution in [2.75, 3.05) is 13.1 Å². The summed E-state index contributed by atoms with van der Waals surface area (Å²) in [5, 5.41) is 10.3. The number of nitrogens with zero attached hydrogens (tertiary/aromatic N) is 5. The zero-order valence-electron chi connectivity index (χ0n) is 13.5. The van der Waals surface area contributed by atoms with E-state index >= 15 is 0 Å². The molecule has 1 amide bonds. The molecule has 0 fully saturated rings. The summed E-state index contributed by atoms with van der Waals surface area (Å²) in [6.07, 6.45) is 3.94. The number of carbonyl (C=O) groups is 1. The van der Waals surface area contributed by atoms with Crippen molar-refractivity contribution >= 4 is 22.8 Å². The molecule has 0 spiro atoms. The van der Waals surface area contributed by atoms with Gasteiger partial charge in [-0.1, -0.05) is 18.7 Å². The Morgan fingerprint density at radius 2 is 2.39 bits per heavy atom. The third kappa shape index (κ3) is 3.57. The molecular formula is C15H22N6OS. The zero-order chi connectivity index (χ0) is 16.2. The molecule has 1 N–H and O–H groups in total. The molecule has 0 aromatic carbocycles. The van der Waals surface area contributed by atoms with Crippen LogP contribution in [0.15, 0.2) is 22.4 Å². The maximum atomic E-state index is 12.4. The fraction of sp³-hybridized carbons (Fsp3) is 0.600. The Morgan fingerprint density at radius 1 is 1.52 bits per heavy atom. The van der Waals surface area contributed by atoms with E-state index < -0.39 is 0 Å². The van der Waals surface area contributed by atoms with Crippen molar-refractivity contribution < 1.29 is 4.79 Å². The average molecular weight is 334 g/mol. The predicted octanol–water partition coefficient (Wildman–Crippen LogP) is 1.91. The minimum Gasteiger partial charge on any atom is -0.346 e. The van der Waals surface area contributed by atoms with E-state index in [1.807, 2.05) is 17.0 Å². The molecule has 0 aliphatic carbocycles. The van der Waals surface area contributed by atoms with Gasteiger partial charge in [-0.3, -0.25) is 9.79 Å². The quantitative estimate of drug-likeness (QED) is 0.860. The van der Waals surface area contributed by atoms with Crippen LogP contribution in [0.25, 0.3) is 0 Å². The molecule has 0 bridgehead atoms. The second-order valence-electron chi connectivity index (χ2n) is 5.70. The highest BCUT2D eigenvalue weighted by Gasteiger charge is 2.26. The number of hydrogen-bond acceptors (Lipinski definition) is 6. The number of fused-ring (bicyclic) bond motifs is 1. The number of rotatable bonds is 6. The number of aryl methyl sites for hydroxylation is 1. The van der Waals surface area contributed by atoms with E-state index in [0.717, 1.165) is 49.2 Å². The van der Waals surface area contributed by atoms with Crippen molar-refractivity contribution in [2.24, 2.45) is 4.99 Å². The van der Waals surface area contributed by atoms with E-state index in [1.54, 1.807) is 18.1 Å². The lowest BCUT2D eigenvalue weighted by molar-refractivity contribution is -0.121. The summed E-state index contributed by atoms with van der Waals surface area (Å²) >= 11 is 1.61. The number of aliphatic imine (C=N–C) groups is 1. The summed E-state index contributed by atoms with van der Waals surface area (Å²) in [7, 11) is 0. The first-order chi connectivity index (χ1) is 11.2. The van der Waals surface area contributed by atoms with Gasteiger partial charge in [-0.15, -0.1) is 0 Å². The number of nitrogens with one attached hydrogen (secondary N) is 1. The monoisotopic (exact) mass is 334 g/mol. The maximum absolute atomic E-state index is 12.4. The number of amidine groups is 1. The van der Waals surface area contributed by atoms with Gasteiger partial charge in [0.2, 0.25) is 5.91 Å². The van der Waals surface area contributed by atoms with E-state index in [1.165, 1.54) is 0 Å². The molecular weight excluding hydrogens is 312 g/mol. The highest BCUT2D eigenvalue weighted by atomic mass is 32.2. The van der Waals surface area contributed by atoms with Gasteiger partial charge in [0.25, 0.3) is 0 Å². The van der Waals surface area contributed by atoms with E-state index in [0.29, 0.717) is 6.42 Å². The van der Waals surface area contributed by atoms with Crippen LogP contribution in [0, 0.1) is 0 Å². The topological polar surface area (TPSA) is 75.4 Å². The van der Waals surface area contributed by atoms with Crippen molar-refractivity contribution in [2.45, 2.75) is 45.7 Å². The molecule has 0 saturated heterocycles. The number of aromatic nitrogens is 3. The second-order valence-corrected chi connectivity index (χ2v) is 6.54. The van der Waals surface area contributed by atoms with Gasteiger partial charge < -0.3 is 10.2 Å². The average Bonchev–Trinajstić information content (AvgIpc) is 3.15. The first-order valence-corrected chi connectivity index (χ1v) is 8.91. The number of hydrogen-bond donors (Lipinski definition) is 1. The van der Waals surface area contributed by atoms with Crippen LogP contribution in [0.3, 0.4) is 0 Å². The van der Waals surface area contributed by atoms with Crippen LogP contribution in [0.2, 0.25) is 0 Å². The molecule has 0 saturated carbocycles. The Morgan fingerprint density at radius 3 is 3.22 bits per heavy atom. The second kappa shape index (κ2) is 7.16. The van der Waals surface area contributed by atoms with Gasteiger partial charge in [0.1, 0.15) is 12.2 Å². The van der Waals surface area contributed by atoms with E-state index in [9.17, 15) is 4.79 Å². The van der Waals surface area contributed by atoms with E-state index in [-0.39, 0.29) is 11.9 Å². The normalized spacial score (nSPS) is 18.3. The summed E-state index contributed by atoms with van der Waals surface area (Å²) < 4.78 is 1.85. The van der Waals surface area contributed by atoms with Crippen LogP contribution in [0.1, 0.15) is 45.0 Å². The van der Waals surface area contributed by atoms with Crippen molar-refractivity contribution in [3.8, 4) is 0 Å². The Hall–Kier alpha value is -1.83. The molecule has 1 aromatic rings. The molecule has 23 heavy (non-hydrogen) atoms. The molecule has 3 heterocycles. The Balaban J connectivity index is 1.58. The molecule has 0 radical (unpaired) electrons. The van der Waals surface area contributed by atoms with Gasteiger partial charge in [-0.05, 0) is 25.2 Å². The van der Waals surface area contributed by atoms with Crippen molar-refractivity contribution in [1.82, 2.24) is 25.0 Å². The lowest BCUT2D eigenvalue weighted by atomic mass is 10.2. The first-order valence-electron chi connectivity index (χ1n) is 8.03. The minimum absolute atomic E-state index is 0.00206. The van der Waals surface area contributed by atoms with Crippen molar-refractivity contribution in [1.29, 1.82) is 0 Å². The number of amides is 1. The fourth-order valence-corrected chi connectivity index (χ4v) is 3.74. The largest absolute Gasteiger partial charge is 0.346 e. The SMILES string of the molecule is CCCn1ncnc1C(C)NC(=O)CC1=CSC2=NCCCN12. The fourth-order valence-electron chi connectivity index (χ4n) is 2.79. The van der Waals surface area contributed by atoms with Crippen LogP contribution in [-0.2, 0) is 11.3 Å². The molecule has 2 aliphatic rings. The van der Waals surface area contributed by atoms with Gasteiger partial charge in [-0.2, -0.15) is 5.10 Å². The van der Waals surface area contributed by atoms with E-state index in [4.69, 9.17) is 0 Å². The van der Waals surface area contributed by atoms with E-state index in [2.05, 4.69) is 32.2 Å². The minimum atomic E-state index is -0.152. The molecule has 1 atom stereocenters. The first kappa shape index (κ1) is 16.0. The third-order valence-electron chi connectivity index (χ3n) is 3.85. The Labute approximate surface area is 140 Å². The van der Waals surface area contributed by atoms with Crippen LogP contribution >= 0.6 is 11.8 Å².